The van der Waals surface area contributed by atoms with Crippen molar-refractivity contribution in [2.24, 2.45) is 5.84 Å². The third kappa shape index (κ3) is 2.65. The van der Waals surface area contributed by atoms with Gasteiger partial charge in [-0.2, -0.15) is 0 Å². The fourth-order valence-corrected chi connectivity index (χ4v) is 3.17. The van der Waals surface area contributed by atoms with E-state index in [1.807, 2.05) is 32.6 Å². The topological polar surface area (TPSA) is 58.4 Å². The summed E-state index contributed by atoms with van der Waals surface area (Å²) in [5.41, 5.74) is 4.55. The van der Waals surface area contributed by atoms with Gasteiger partial charge in [-0.1, -0.05) is 13.0 Å². The van der Waals surface area contributed by atoms with Gasteiger partial charge >= 0.3 is 0 Å². The minimum absolute atomic E-state index is 0.242. The number of carbonyl (C=O) groups excluding carboxylic acids is 1. The number of allylic oxidation sites excluding steroid dienone is 1. The van der Waals surface area contributed by atoms with Gasteiger partial charge in [-0.25, -0.2) is 10.2 Å². The predicted molar refractivity (Wildman–Crippen MR) is 83.0 cm³/mol. The second kappa shape index (κ2) is 5.48. The molecule has 1 aliphatic rings. The van der Waals surface area contributed by atoms with E-state index < -0.39 is 6.04 Å². The number of carbonyl (C=O) groups is 1. The maximum Gasteiger partial charge on any atom is 0.256 e. The molecule has 0 saturated carbocycles. The molecule has 0 saturated heterocycles. The summed E-state index contributed by atoms with van der Waals surface area (Å²) < 4.78 is 13.6. The molecular weight excluding hydrogens is 269 g/mol. The Morgan fingerprint density at radius 3 is 2.71 bits per heavy atom. The number of hydrazine groups is 1. The molecule has 1 aromatic carbocycles. The summed E-state index contributed by atoms with van der Waals surface area (Å²) in [6.45, 7) is 7.97. The number of anilines is 1. The number of halogens is 1. The van der Waals surface area contributed by atoms with E-state index in [0.717, 1.165) is 16.8 Å². The van der Waals surface area contributed by atoms with E-state index >= 15 is 0 Å². The number of nitrogens with two attached hydrogens (primary N) is 1. The zero-order valence-corrected chi connectivity index (χ0v) is 12.9. The first-order chi connectivity index (χ1) is 9.81. The standard InChI is InChI=1S/C16H22FN3O/c1-5-13(15(21)19-18)20-14-7-6-11(17)8-12(14)10(2)9-16(20,3)4/h6-9,13H,5,18H2,1-4H3,(H,19,21). The van der Waals surface area contributed by atoms with Crippen LogP contribution in [0.3, 0.4) is 0 Å². The number of hydrogen-bond acceptors (Lipinski definition) is 3. The van der Waals surface area contributed by atoms with Crippen molar-refractivity contribution in [1.29, 1.82) is 0 Å². The summed E-state index contributed by atoms with van der Waals surface area (Å²) in [5.74, 6) is 4.79. The van der Waals surface area contributed by atoms with Crippen molar-refractivity contribution in [2.75, 3.05) is 4.90 Å². The van der Waals surface area contributed by atoms with E-state index in [0.29, 0.717) is 6.42 Å². The van der Waals surface area contributed by atoms with Crippen molar-refractivity contribution in [2.45, 2.75) is 45.7 Å². The van der Waals surface area contributed by atoms with E-state index in [1.165, 1.54) is 12.1 Å². The van der Waals surface area contributed by atoms with E-state index in [4.69, 9.17) is 5.84 Å². The van der Waals surface area contributed by atoms with Crippen LogP contribution in [-0.4, -0.2) is 17.5 Å². The van der Waals surface area contributed by atoms with Crippen LogP contribution in [0.2, 0.25) is 0 Å². The van der Waals surface area contributed by atoms with Gasteiger partial charge < -0.3 is 4.90 Å². The smallest absolute Gasteiger partial charge is 0.256 e. The van der Waals surface area contributed by atoms with Crippen LogP contribution < -0.4 is 16.2 Å². The normalized spacial score (nSPS) is 17.8. The van der Waals surface area contributed by atoms with E-state index in [2.05, 4.69) is 11.5 Å². The molecule has 1 amide bonds. The molecule has 0 bridgehead atoms. The molecule has 1 unspecified atom stereocenters. The molecule has 114 valence electrons. The summed E-state index contributed by atoms with van der Waals surface area (Å²) in [7, 11) is 0. The minimum atomic E-state index is -0.404. The van der Waals surface area contributed by atoms with Crippen LogP contribution in [0.25, 0.3) is 5.57 Å². The van der Waals surface area contributed by atoms with Crippen molar-refractivity contribution >= 4 is 17.2 Å². The van der Waals surface area contributed by atoms with Crippen LogP contribution in [0, 0.1) is 5.82 Å². The van der Waals surface area contributed by atoms with Gasteiger partial charge in [0, 0.05) is 11.3 Å². The number of rotatable bonds is 3. The third-order valence-electron chi connectivity index (χ3n) is 3.98. The number of hydrogen-bond donors (Lipinski definition) is 2. The number of amides is 1. The molecule has 0 aliphatic carbocycles. The Hall–Kier alpha value is -1.88. The molecular formula is C16H22FN3O. The van der Waals surface area contributed by atoms with Gasteiger partial charge in [-0.15, -0.1) is 0 Å². The molecule has 0 fully saturated rings. The molecule has 1 aromatic rings. The quantitative estimate of drug-likeness (QED) is 0.511. The lowest BCUT2D eigenvalue weighted by molar-refractivity contribution is -0.122. The molecule has 4 nitrogen and oxygen atoms in total. The van der Waals surface area contributed by atoms with Crippen LogP contribution in [0.5, 0.6) is 0 Å². The van der Waals surface area contributed by atoms with E-state index in [-0.39, 0.29) is 17.3 Å². The molecule has 2 rings (SSSR count). The van der Waals surface area contributed by atoms with Crippen LogP contribution in [-0.2, 0) is 4.79 Å². The summed E-state index contributed by atoms with van der Waals surface area (Å²) >= 11 is 0. The number of nitrogens with one attached hydrogen (secondary N) is 1. The largest absolute Gasteiger partial charge is 0.350 e. The summed E-state index contributed by atoms with van der Waals surface area (Å²) in [6, 6.07) is 4.26. The zero-order valence-electron chi connectivity index (χ0n) is 12.9. The lowest BCUT2D eigenvalue weighted by Gasteiger charge is -2.46. The molecule has 0 aromatic heterocycles. The molecule has 3 N–H and O–H groups in total. The van der Waals surface area contributed by atoms with Crippen molar-refractivity contribution in [3.63, 3.8) is 0 Å². The highest BCUT2D eigenvalue weighted by Gasteiger charge is 2.38. The average molecular weight is 291 g/mol. The fraction of sp³-hybridized carbons (Fsp3) is 0.438. The minimum Gasteiger partial charge on any atom is -0.350 e. The Kier molecular flexibility index (Phi) is 4.05. The van der Waals surface area contributed by atoms with Crippen LogP contribution >= 0.6 is 0 Å². The maximum atomic E-state index is 13.6. The Morgan fingerprint density at radius 2 is 2.14 bits per heavy atom. The first-order valence-electron chi connectivity index (χ1n) is 7.11. The average Bonchev–Trinajstić information content (AvgIpc) is 2.42. The fourth-order valence-electron chi connectivity index (χ4n) is 3.17. The van der Waals surface area contributed by atoms with Crippen molar-refractivity contribution in [1.82, 2.24) is 5.43 Å². The van der Waals surface area contributed by atoms with Gasteiger partial charge in [0.15, 0.2) is 0 Å². The molecule has 5 heteroatoms. The Balaban J connectivity index is 2.62. The van der Waals surface area contributed by atoms with Crippen molar-refractivity contribution in [3.8, 4) is 0 Å². The summed E-state index contributed by atoms with van der Waals surface area (Å²) in [4.78, 5) is 14.1. The summed E-state index contributed by atoms with van der Waals surface area (Å²) in [6.07, 6.45) is 2.66. The lowest BCUT2D eigenvalue weighted by atomic mass is 9.86. The second-order valence-corrected chi connectivity index (χ2v) is 5.95. The van der Waals surface area contributed by atoms with Crippen molar-refractivity contribution < 1.29 is 9.18 Å². The monoisotopic (exact) mass is 291 g/mol. The van der Waals surface area contributed by atoms with E-state index in [9.17, 15) is 9.18 Å². The van der Waals surface area contributed by atoms with Gasteiger partial charge in [-0.3, -0.25) is 10.2 Å². The number of fused-ring (bicyclic) bond motifs is 1. The first-order valence-corrected chi connectivity index (χ1v) is 7.11. The Bertz CT molecular complexity index is 595. The van der Waals surface area contributed by atoms with Gasteiger partial charge in [0.1, 0.15) is 11.9 Å². The number of benzene rings is 1. The highest BCUT2D eigenvalue weighted by molar-refractivity contribution is 5.89. The molecule has 1 atom stereocenters. The lowest BCUT2D eigenvalue weighted by Crippen LogP contribution is -2.57. The molecule has 1 aliphatic heterocycles. The molecule has 21 heavy (non-hydrogen) atoms. The highest BCUT2D eigenvalue weighted by atomic mass is 19.1. The molecule has 0 spiro atoms. The van der Waals surface area contributed by atoms with Crippen LogP contribution in [0.15, 0.2) is 24.3 Å². The Morgan fingerprint density at radius 1 is 1.48 bits per heavy atom. The first kappa shape index (κ1) is 15.5. The Labute approximate surface area is 124 Å². The highest BCUT2D eigenvalue weighted by Crippen LogP contribution is 2.40. The SMILES string of the molecule is CCC(C(=O)NN)N1c2ccc(F)cc2C(C)=CC1(C)C. The van der Waals surface area contributed by atoms with Gasteiger partial charge in [0.25, 0.3) is 5.91 Å². The third-order valence-corrected chi connectivity index (χ3v) is 3.98. The summed E-state index contributed by atoms with van der Waals surface area (Å²) in [5, 5.41) is 0. The van der Waals surface area contributed by atoms with Gasteiger partial charge in [0.2, 0.25) is 0 Å². The van der Waals surface area contributed by atoms with Crippen molar-refractivity contribution in [3.05, 3.63) is 35.7 Å². The van der Waals surface area contributed by atoms with E-state index in [1.54, 1.807) is 6.07 Å². The van der Waals surface area contributed by atoms with Gasteiger partial charge in [0.05, 0.1) is 5.54 Å². The number of nitrogens with zero attached hydrogens (tertiary/aromatic N) is 1. The zero-order chi connectivity index (χ0) is 15.8. The van der Waals surface area contributed by atoms with Gasteiger partial charge in [-0.05, 0) is 51.0 Å². The second-order valence-electron chi connectivity index (χ2n) is 5.95. The maximum absolute atomic E-state index is 13.6. The molecule has 0 radical (unpaired) electrons. The predicted octanol–water partition coefficient (Wildman–Crippen LogP) is 2.60. The van der Waals surface area contributed by atoms with Crippen LogP contribution in [0.1, 0.15) is 39.7 Å². The molecule has 1 heterocycles. The van der Waals surface area contributed by atoms with Crippen LogP contribution in [0.4, 0.5) is 10.1 Å².